The fourth-order valence-corrected chi connectivity index (χ4v) is 2.48. The van der Waals surface area contributed by atoms with Crippen molar-refractivity contribution in [2.45, 2.75) is 39.2 Å². The minimum absolute atomic E-state index is 0.0741. The third-order valence-corrected chi connectivity index (χ3v) is 4.06. The number of methoxy groups -OCH3 is 1. The van der Waals surface area contributed by atoms with E-state index in [-0.39, 0.29) is 11.3 Å². The molecule has 2 aromatic rings. The van der Waals surface area contributed by atoms with Gasteiger partial charge in [0.05, 0.1) is 12.8 Å². The minimum atomic E-state index is -0.663. The molecule has 1 N–H and O–H groups in total. The first-order chi connectivity index (χ1) is 11.7. The molecule has 4 nitrogen and oxygen atoms in total. The lowest BCUT2D eigenvalue weighted by Crippen LogP contribution is -2.30. The number of halogens is 1. The van der Waals surface area contributed by atoms with Crippen molar-refractivity contribution in [2.75, 3.05) is 12.4 Å². The molecule has 0 saturated carbocycles. The van der Waals surface area contributed by atoms with E-state index >= 15 is 0 Å². The average Bonchev–Trinajstić information content (AvgIpc) is 2.54. The molecule has 25 heavy (non-hydrogen) atoms. The number of anilines is 1. The third kappa shape index (κ3) is 5.13. The second kappa shape index (κ2) is 7.79. The van der Waals surface area contributed by atoms with Crippen LogP contribution in [0.2, 0.25) is 5.02 Å². The first kappa shape index (κ1) is 19.1. The summed E-state index contributed by atoms with van der Waals surface area (Å²) in [6.45, 7) is 8.15. The summed E-state index contributed by atoms with van der Waals surface area (Å²) in [6, 6.07) is 12.8. The molecule has 0 aliphatic rings. The molecule has 2 rings (SSSR count). The highest BCUT2D eigenvalue weighted by Gasteiger charge is 2.18. The predicted octanol–water partition coefficient (Wildman–Crippen LogP) is 5.05. The highest BCUT2D eigenvalue weighted by atomic mass is 35.5. The number of hydrogen-bond acceptors (Lipinski definition) is 3. The maximum atomic E-state index is 12.4. The van der Waals surface area contributed by atoms with Crippen LogP contribution in [0, 0.1) is 0 Å². The van der Waals surface area contributed by atoms with Gasteiger partial charge in [-0.15, -0.1) is 0 Å². The van der Waals surface area contributed by atoms with Crippen molar-refractivity contribution in [3.05, 3.63) is 53.1 Å². The molecule has 0 heterocycles. The number of benzene rings is 2. The van der Waals surface area contributed by atoms with E-state index in [1.165, 1.54) is 12.7 Å². The van der Waals surface area contributed by atoms with Gasteiger partial charge in [-0.1, -0.05) is 44.5 Å². The Kier molecular flexibility index (Phi) is 5.96. The van der Waals surface area contributed by atoms with Crippen LogP contribution >= 0.6 is 11.6 Å². The molecule has 0 aromatic heterocycles. The Hall–Kier alpha value is -2.20. The van der Waals surface area contributed by atoms with E-state index in [4.69, 9.17) is 21.1 Å². The molecule has 1 amide bonds. The van der Waals surface area contributed by atoms with Crippen molar-refractivity contribution in [3.63, 3.8) is 0 Å². The van der Waals surface area contributed by atoms with Crippen molar-refractivity contribution >= 4 is 23.2 Å². The third-order valence-electron chi connectivity index (χ3n) is 3.82. The normalized spacial score (nSPS) is 12.4. The Bertz CT molecular complexity index is 736. The molecule has 2 aromatic carbocycles. The van der Waals surface area contributed by atoms with Gasteiger partial charge in [0, 0.05) is 5.02 Å². The monoisotopic (exact) mass is 361 g/mol. The highest BCUT2D eigenvalue weighted by molar-refractivity contribution is 6.31. The first-order valence-corrected chi connectivity index (χ1v) is 8.50. The maximum absolute atomic E-state index is 12.4. The van der Waals surface area contributed by atoms with Crippen LogP contribution in [0.15, 0.2) is 42.5 Å². The molecule has 134 valence electrons. The van der Waals surface area contributed by atoms with E-state index in [2.05, 4.69) is 26.1 Å². The lowest BCUT2D eigenvalue weighted by Gasteiger charge is -2.20. The summed E-state index contributed by atoms with van der Waals surface area (Å²) in [7, 11) is 1.54. The molecule has 0 bridgehead atoms. The number of hydrogen-bond donors (Lipinski definition) is 1. The molecule has 5 heteroatoms. The Balaban J connectivity index is 2.04. The molecule has 0 unspecified atom stereocenters. The van der Waals surface area contributed by atoms with Crippen LogP contribution in [0.3, 0.4) is 0 Å². The zero-order chi connectivity index (χ0) is 18.6. The van der Waals surface area contributed by atoms with Crippen molar-refractivity contribution in [3.8, 4) is 11.5 Å². The van der Waals surface area contributed by atoms with Crippen LogP contribution in [-0.2, 0) is 10.2 Å². The number of amides is 1. The number of rotatable bonds is 5. The summed E-state index contributed by atoms with van der Waals surface area (Å²) in [5.41, 5.74) is 1.80. The van der Waals surface area contributed by atoms with E-state index in [9.17, 15) is 4.79 Å². The largest absolute Gasteiger partial charge is 0.495 e. The zero-order valence-corrected chi connectivity index (χ0v) is 16.0. The van der Waals surface area contributed by atoms with Crippen LogP contribution < -0.4 is 14.8 Å². The van der Waals surface area contributed by atoms with Crippen LogP contribution in [-0.4, -0.2) is 19.1 Å². The number of nitrogens with one attached hydrogen (secondary N) is 1. The van der Waals surface area contributed by atoms with E-state index < -0.39 is 6.10 Å². The van der Waals surface area contributed by atoms with Crippen LogP contribution in [0.5, 0.6) is 11.5 Å². The van der Waals surface area contributed by atoms with Gasteiger partial charge in [0.2, 0.25) is 0 Å². The van der Waals surface area contributed by atoms with Gasteiger partial charge in [-0.25, -0.2) is 0 Å². The fourth-order valence-electron chi connectivity index (χ4n) is 2.30. The van der Waals surface area contributed by atoms with E-state index in [0.29, 0.717) is 22.2 Å². The standard InChI is InChI=1S/C20H24ClNO3/c1-13(25-16-9-6-14(7-10-16)20(2,3)4)19(23)22-17-12-15(21)8-11-18(17)24-5/h6-13H,1-5H3,(H,22,23)/t13-/m1/s1. The molecule has 0 radical (unpaired) electrons. The van der Waals surface area contributed by atoms with Crippen molar-refractivity contribution in [1.29, 1.82) is 0 Å². The van der Waals surface area contributed by atoms with Crippen LogP contribution in [0.25, 0.3) is 0 Å². The molecular weight excluding hydrogens is 338 g/mol. The molecule has 0 aliphatic carbocycles. The van der Waals surface area contributed by atoms with Gasteiger partial charge in [-0.05, 0) is 48.2 Å². The SMILES string of the molecule is COc1ccc(Cl)cc1NC(=O)[C@@H](C)Oc1ccc(C(C)(C)C)cc1. The lowest BCUT2D eigenvalue weighted by molar-refractivity contribution is -0.122. The Morgan fingerprint density at radius 1 is 1.12 bits per heavy atom. The lowest BCUT2D eigenvalue weighted by atomic mass is 9.87. The van der Waals surface area contributed by atoms with Gasteiger partial charge < -0.3 is 14.8 Å². The quantitative estimate of drug-likeness (QED) is 0.810. The van der Waals surface area contributed by atoms with Crippen LogP contribution in [0.4, 0.5) is 5.69 Å². The fraction of sp³-hybridized carbons (Fsp3) is 0.350. The molecule has 0 saturated heterocycles. The topological polar surface area (TPSA) is 47.6 Å². The highest BCUT2D eigenvalue weighted by Crippen LogP contribution is 2.28. The smallest absolute Gasteiger partial charge is 0.265 e. The second-order valence-corrected chi connectivity index (χ2v) is 7.30. The van der Waals surface area contributed by atoms with Crippen molar-refractivity contribution in [1.82, 2.24) is 0 Å². The summed E-state index contributed by atoms with van der Waals surface area (Å²) in [6.07, 6.45) is -0.663. The van der Waals surface area contributed by atoms with Gasteiger partial charge in [0.15, 0.2) is 6.10 Å². The van der Waals surface area contributed by atoms with Gasteiger partial charge >= 0.3 is 0 Å². The van der Waals surface area contributed by atoms with Gasteiger partial charge in [-0.3, -0.25) is 4.79 Å². The molecule has 0 spiro atoms. The zero-order valence-electron chi connectivity index (χ0n) is 15.2. The Morgan fingerprint density at radius 2 is 1.76 bits per heavy atom. The van der Waals surface area contributed by atoms with Crippen molar-refractivity contribution in [2.24, 2.45) is 0 Å². The summed E-state index contributed by atoms with van der Waals surface area (Å²) >= 11 is 5.98. The first-order valence-electron chi connectivity index (χ1n) is 8.12. The average molecular weight is 362 g/mol. The summed E-state index contributed by atoms with van der Waals surface area (Å²) in [5, 5.41) is 3.30. The number of carbonyl (C=O) groups is 1. The Labute approximate surface area is 154 Å². The van der Waals surface area contributed by atoms with E-state index in [1.807, 2.05) is 24.3 Å². The summed E-state index contributed by atoms with van der Waals surface area (Å²) < 4.78 is 11.0. The summed E-state index contributed by atoms with van der Waals surface area (Å²) in [5.74, 6) is 0.911. The van der Waals surface area contributed by atoms with Gasteiger partial charge in [0.25, 0.3) is 5.91 Å². The van der Waals surface area contributed by atoms with Gasteiger partial charge in [-0.2, -0.15) is 0 Å². The van der Waals surface area contributed by atoms with E-state index in [1.54, 1.807) is 25.1 Å². The van der Waals surface area contributed by atoms with Gasteiger partial charge in [0.1, 0.15) is 11.5 Å². The van der Waals surface area contributed by atoms with Crippen molar-refractivity contribution < 1.29 is 14.3 Å². The van der Waals surface area contributed by atoms with Crippen LogP contribution in [0.1, 0.15) is 33.3 Å². The molecular formula is C20H24ClNO3. The second-order valence-electron chi connectivity index (χ2n) is 6.87. The minimum Gasteiger partial charge on any atom is -0.495 e. The summed E-state index contributed by atoms with van der Waals surface area (Å²) in [4.78, 5) is 12.4. The maximum Gasteiger partial charge on any atom is 0.265 e. The molecule has 0 fully saturated rings. The number of ether oxygens (including phenoxy) is 2. The number of carbonyl (C=O) groups excluding carboxylic acids is 1. The predicted molar refractivity (Wildman–Crippen MR) is 102 cm³/mol. The Morgan fingerprint density at radius 3 is 2.32 bits per heavy atom. The molecule has 0 aliphatic heterocycles. The van der Waals surface area contributed by atoms with E-state index in [0.717, 1.165) is 0 Å². The molecule has 1 atom stereocenters.